The predicted octanol–water partition coefficient (Wildman–Crippen LogP) is 1.70. The molecular weight excluding hydrogens is 453 g/mol. The van der Waals surface area contributed by atoms with Crippen LogP contribution in [0.3, 0.4) is 0 Å². The van der Waals surface area contributed by atoms with Gasteiger partial charge in [-0.05, 0) is 47.7 Å². The summed E-state index contributed by atoms with van der Waals surface area (Å²) in [7, 11) is -3.63. The van der Waals surface area contributed by atoms with Gasteiger partial charge >= 0.3 is 0 Å². The van der Waals surface area contributed by atoms with E-state index in [1.54, 1.807) is 23.1 Å². The molecule has 1 aliphatic rings. The lowest BCUT2D eigenvalue weighted by Gasteiger charge is -2.33. The van der Waals surface area contributed by atoms with Crippen LogP contribution in [0.2, 0.25) is 10.0 Å². The lowest BCUT2D eigenvalue weighted by atomic mass is 10.3. The molecule has 1 saturated heterocycles. The van der Waals surface area contributed by atoms with Gasteiger partial charge in [-0.25, -0.2) is 8.42 Å². The number of sulfonamides is 1. The van der Waals surface area contributed by atoms with E-state index < -0.39 is 10.0 Å². The van der Waals surface area contributed by atoms with Crippen LogP contribution in [0.1, 0.15) is 0 Å². The molecule has 30 heavy (non-hydrogen) atoms. The summed E-state index contributed by atoms with van der Waals surface area (Å²) in [5, 5.41) is 8.76. The van der Waals surface area contributed by atoms with Gasteiger partial charge in [0.1, 0.15) is 11.0 Å². The fraction of sp³-hybridized carbons (Fsp3) is 0.278. The number of nitrogens with zero attached hydrogens (tertiary/aromatic N) is 5. The number of aromatic nitrogens is 3. The van der Waals surface area contributed by atoms with Gasteiger partial charge in [-0.1, -0.05) is 28.0 Å². The predicted molar refractivity (Wildman–Crippen MR) is 111 cm³/mol. The van der Waals surface area contributed by atoms with Gasteiger partial charge in [-0.15, -0.1) is 5.10 Å². The molecule has 1 aromatic heterocycles. The zero-order valence-corrected chi connectivity index (χ0v) is 17.9. The average Bonchev–Trinajstić information content (AvgIpc) is 3.14. The van der Waals surface area contributed by atoms with Crippen LogP contribution in [0, 0.1) is 0 Å². The molecule has 2 heterocycles. The molecule has 0 atom stereocenters. The minimum Gasteiger partial charge on any atom is -0.385 e. The number of fused-ring (bicyclic) bond motifs is 1. The van der Waals surface area contributed by atoms with Crippen molar-refractivity contribution in [3.63, 3.8) is 0 Å². The Hall–Kier alpha value is -2.40. The molecule has 9 nitrogen and oxygen atoms in total. The molecule has 0 bridgehead atoms. The second kappa shape index (κ2) is 8.38. The highest BCUT2D eigenvalue weighted by Crippen LogP contribution is 2.20. The number of halogens is 2. The van der Waals surface area contributed by atoms with E-state index >= 15 is 0 Å². The maximum atomic E-state index is 12.7. The zero-order valence-electron chi connectivity index (χ0n) is 15.6. The number of amides is 1. The van der Waals surface area contributed by atoms with Crippen molar-refractivity contribution in [1.29, 1.82) is 0 Å². The molecule has 2 aromatic carbocycles. The Labute approximate surface area is 182 Å². The first-order valence-electron chi connectivity index (χ1n) is 9.02. The molecule has 1 aliphatic heterocycles. The van der Waals surface area contributed by atoms with Crippen LogP contribution in [-0.2, 0) is 14.8 Å². The normalized spacial score (nSPS) is 15.5. The van der Waals surface area contributed by atoms with Crippen LogP contribution in [0.4, 0.5) is 0 Å². The average molecular weight is 470 g/mol. The minimum atomic E-state index is -3.63. The second-order valence-electron chi connectivity index (χ2n) is 6.61. The van der Waals surface area contributed by atoms with E-state index in [1.807, 2.05) is 0 Å². The number of carbonyl (C=O) groups is 1. The first kappa shape index (κ1) is 20.9. The van der Waals surface area contributed by atoms with Gasteiger partial charge in [0, 0.05) is 36.2 Å². The van der Waals surface area contributed by atoms with Gasteiger partial charge in [0.2, 0.25) is 10.0 Å². The fourth-order valence-corrected chi connectivity index (χ4v) is 4.82. The van der Waals surface area contributed by atoms with Crippen LogP contribution in [-0.4, -0.2) is 71.5 Å². The molecule has 0 spiro atoms. The maximum Gasteiger partial charge on any atom is 0.263 e. The molecule has 1 amide bonds. The third-order valence-corrected chi connectivity index (χ3v) is 7.13. The van der Waals surface area contributed by atoms with Crippen LogP contribution >= 0.6 is 23.2 Å². The Balaban J connectivity index is 1.35. The van der Waals surface area contributed by atoms with Gasteiger partial charge in [0.05, 0.1) is 4.90 Å². The quantitative estimate of drug-likeness (QED) is 0.563. The molecule has 3 aromatic rings. The Kier molecular flexibility index (Phi) is 5.83. The van der Waals surface area contributed by atoms with Crippen LogP contribution < -0.4 is 4.84 Å². The first-order valence-corrected chi connectivity index (χ1v) is 11.2. The van der Waals surface area contributed by atoms with E-state index in [9.17, 15) is 13.2 Å². The summed E-state index contributed by atoms with van der Waals surface area (Å²) >= 11 is 11.8. The fourth-order valence-electron chi connectivity index (χ4n) is 3.11. The van der Waals surface area contributed by atoms with E-state index in [0.29, 0.717) is 21.1 Å². The third-order valence-electron chi connectivity index (χ3n) is 4.73. The molecule has 0 N–H and O–H groups in total. The highest BCUT2D eigenvalue weighted by molar-refractivity contribution is 7.89. The standard InChI is InChI=1S/C18H17Cl2N5O4S/c19-13-1-4-15(5-2-13)30(27,28)24-9-7-23(8-10-24)18(26)12-29-25-17-11-14(20)3-6-16(17)21-22-25/h1-6,11H,7-10,12H2. The highest BCUT2D eigenvalue weighted by Gasteiger charge is 2.30. The number of hydrogen-bond donors (Lipinski definition) is 0. The van der Waals surface area contributed by atoms with E-state index in [1.165, 1.54) is 28.6 Å². The van der Waals surface area contributed by atoms with Crippen LogP contribution in [0.25, 0.3) is 11.0 Å². The van der Waals surface area contributed by atoms with E-state index in [0.717, 1.165) is 4.85 Å². The van der Waals surface area contributed by atoms with E-state index in [2.05, 4.69) is 10.3 Å². The van der Waals surface area contributed by atoms with Gasteiger partial charge in [0.25, 0.3) is 5.91 Å². The van der Waals surface area contributed by atoms with Crippen LogP contribution in [0.15, 0.2) is 47.4 Å². The third kappa shape index (κ3) is 4.22. The molecule has 158 valence electrons. The molecule has 0 saturated carbocycles. The lowest BCUT2D eigenvalue weighted by Crippen LogP contribution is -2.51. The molecule has 4 rings (SSSR count). The van der Waals surface area contributed by atoms with Crippen molar-refractivity contribution in [3.8, 4) is 0 Å². The number of benzene rings is 2. The van der Waals surface area contributed by atoms with E-state index in [4.69, 9.17) is 28.0 Å². The smallest absolute Gasteiger partial charge is 0.263 e. The van der Waals surface area contributed by atoms with Gasteiger partial charge in [-0.2, -0.15) is 4.31 Å². The molecule has 0 radical (unpaired) electrons. The van der Waals surface area contributed by atoms with E-state index in [-0.39, 0.29) is 43.6 Å². The van der Waals surface area contributed by atoms with Crippen molar-refractivity contribution < 1.29 is 18.0 Å². The first-order chi connectivity index (χ1) is 14.3. The summed E-state index contributed by atoms with van der Waals surface area (Å²) in [5.41, 5.74) is 1.14. The van der Waals surface area contributed by atoms with Crippen molar-refractivity contribution >= 4 is 50.2 Å². The van der Waals surface area contributed by atoms with Crippen molar-refractivity contribution in [1.82, 2.24) is 24.4 Å². The van der Waals surface area contributed by atoms with Crippen molar-refractivity contribution in [2.75, 3.05) is 32.8 Å². The summed E-state index contributed by atoms with van der Waals surface area (Å²) < 4.78 is 26.8. The van der Waals surface area contributed by atoms with Crippen LogP contribution in [0.5, 0.6) is 0 Å². The Morgan fingerprint density at radius 2 is 1.67 bits per heavy atom. The Morgan fingerprint density at radius 3 is 2.37 bits per heavy atom. The maximum absolute atomic E-state index is 12.7. The summed E-state index contributed by atoms with van der Waals surface area (Å²) in [4.78, 5) is 20.8. The molecule has 0 unspecified atom stereocenters. The topological polar surface area (TPSA) is 97.6 Å². The minimum absolute atomic E-state index is 0.173. The Bertz CT molecular complexity index is 1180. The summed E-state index contributed by atoms with van der Waals surface area (Å²) in [6.45, 7) is 0.657. The largest absolute Gasteiger partial charge is 0.385 e. The SMILES string of the molecule is O=C(COn1nnc2ccc(Cl)cc21)N1CCN(S(=O)(=O)c2ccc(Cl)cc2)CC1. The molecule has 12 heteroatoms. The molecule has 0 aliphatic carbocycles. The van der Waals surface area contributed by atoms with Crippen molar-refractivity contribution in [3.05, 3.63) is 52.5 Å². The summed E-state index contributed by atoms with van der Waals surface area (Å²) in [5.74, 6) is -0.274. The molecule has 1 fully saturated rings. The zero-order chi connectivity index (χ0) is 21.3. The second-order valence-corrected chi connectivity index (χ2v) is 9.42. The number of piperazine rings is 1. The monoisotopic (exact) mass is 469 g/mol. The van der Waals surface area contributed by atoms with Crippen molar-refractivity contribution in [2.24, 2.45) is 0 Å². The highest BCUT2D eigenvalue weighted by atomic mass is 35.5. The lowest BCUT2D eigenvalue weighted by molar-refractivity contribution is -0.137. The molecular formula is C18H17Cl2N5O4S. The summed E-state index contributed by atoms with van der Waals surface area (Å²) in [6.07, 6.45) is 0. The number of carbonyl (C=O) groups excluding carboxylic acids is 1. The van der Waals surface area contributed by atoms with Gasteiger partial charge in [-0.3, -0.25) is 4.79 Å². The number of hydrogen-bond acceptors (Lipinski definition) is 6. The summed E-state index contributed by atoms with van der Waals surface area (Å²) in [6, 6.07) is 11.0. The van der Waals surface area contributed by atoms with Crippen molar-refractivity contribution in [2.45, 2.75) is 4.90 Å². The Morgan fingerprint density at radius 1 is 1.00 bits per heavy atom. The van der Waals surface area contributed by atoms with Gasteiger partial charge < -0.3 is 9.74 Å². The number of rotatable bonds is 5. The van der Waals surface area contributed by atoms with Gasteiger partial charge in [0.15, 0.2) is 6.61 Å².